The Bertz CT molecular complexity index is 985. The minimum absolute atomic E-state index is 0.0194. The third kappa shape index (κ3) is 4.75. The van der Waals surface area contributed by atoms with Crippen LogP contribution in [0.1, 0.15) is 59.7 Å². The van der Waals surface area contributed by atoms with Crippen LogP contribution in [0.4, 0.5) is 0 Å². The Balaban J connectivity index is 1.49. The number of carbonyl (C=O) groups excluding carboxylic acids is 1. The van der Waals surface area contributed by atoms with Crippen LogP contribution >= 0.6 is 0 Å². The SMILES string of the molecule is COCCOC1=NCc2cc(CC(=O)C[C@@H](c3ccccc3)C3(O)CCC3)nc(CO)c21. The van der Waals surface area contributed by atoms with Crippen molar-refractivity contribution in [1.29, 1.82) is 0 Å². The van der Waals surface area contributed by atoms with E-state index in [0.717, 1.165) is 30.4 Å². The Morgan fingerprint density at radius 3 is 2.66 bits per heavy atom. The van der Waals surface area contributed by atoms with Gasteiger partial charge >= 0.3 is 0 Å². The number of pyridine rings is 1. The summed E-state index contributed by atoms with van der Waals surface area (Å²) in [5, 5.41) is 20.9. The number of benzene rings is 1. The Morgan fingerprint density at radius 2 is 2.00 bits per heavy atom. The number of fused-ring (bicyclic) bond motifs is 1. The fourth-order valence-corrected chi connectivity index (χ4v) is 4.58. The zero-order valence-electron chi connectivity index (χ0n) is 18.4. The van der Waals surface area contributed by atoms with E-state index in [1.165, 1.54) is 0 Å². The first-order valence-electron chi connectivity index (χ1n) is 11.1. The molecule has 0 saturated heterocycles. The van der Waals surface area contributed by atoms with Gasteiger partial charge in [0.05, 0.1) is 36.6 Å². The van der Waals surface area contributed by atoms with Crippen LogP contribution in [0.3, 0.4) is 0 Å². The molecule has 0 spiro atoms. The van der Waals surface area contributed by atoms with Crippen LogP contribution in [0.15, 0.2) is 41.4 Å². The number of methoxy groups -OCH3 is 1. The summed E-state index contributed by atoms with van der Waals surface area (Å²) in [5.41, 5.74) is 2.87. The van der Waals surface area contributed by atoms with Crippen LogP contribution in [-0.2, 0) is 33.8 Å². The van der Waals surface area contributed by atoms with Crippen LogP contribution in [-0.4, -0.2) is 52.8 Å². The van der Waals surface area contributed by atoms with Crippen molar-refractivity contribution in [3.05, 3.63) is 64.5 Å². The molecule has 4 rings (SSSR count). The van der Waals surface area contributed by atoms with Crippen molar-refractivity contribution in [3.8, 4) is 0 Å². The standard InChI is InChI=1S/C25H30N2O5/c1-31-10-11-32-24-23-18(15-26-24)12-19(27-22(23)16-28)13-20(29)14-21(25(30)8-5-9-25)17-6-3-2-4-7-17/h2-4,6-7,12,21,28,30H,5,8-11,13-16H2,1H3/t21-/m0/s1. The maximum Gasteiger partial charge on any atom is 0.218 e. The van der Waals surface area contributed by atoms with Crippen molar-refractivity contribution in [3.63, 3.8) is 0 Å². The van der Waals surface area contributed by atoms with Gasteiger partial charge in [-0.15, -0.1) is 0 Å². The summed E-state index contributed by atoms with van der Waals surface area (Å²) >= 11 is 0. The molecule has 170 valence electrons. The lowest BCUT2D eigenvalue weighted by Gasteiger charge is -2.43. The Labute approximate surface area is 188 Å². The lowest BCUT2D eigenvalue weighted by atomic mass is 9.67. The molecule has 1 aliphatic heterocycles. The summed E-state index contributed by atoms with van der Waals surface area (Å²) in [6, 6.07) is 11.7. The van der Waals surface area contributed by atoms with E-state index in [-0.39, 0.29) is 31.1 Å². The molecule has 7 heteroatoms. The first-order valence-corrected chi connectivity index (χ1v) is 11.1. The van der Waals surface area contributed by atoms with Gasteiger partial charge in [-0.25, -0.2) is 4.99 Å². The average molecular weight is 439 g/mol. The predicted molar refractivity (Wildman–Crippen MR) is 120 cm³/mol. The van der Waals surface area contributed by atoms with Crippen LogP contribution < -0.4 is 0 Å². The van der Waals surface area contributed by atoms with E-state index in [1.807, 2.05) is 36.4 Å². The second-order valence-corrected chi connectivity index (χ2v) is 8.56. The summed E-state index contributed by atoms with van der Waals surface area (Å²) in [7, 11) is 1.60. The number of aliphatic hydroxyl groups excluding tert-OH is 1. The number of aliphatic hydroxyl groups is 2. The molecule has 7 nitrogen and oxygen atoms in total. The van der Waals surface area contributed by atoms with Crippen molar-refractivity contribution in [1.82, 2.24) is 4.98 Å². The van der Waals surface area contributed by atoms with Gasteiger partial charge < -0.3 is 19.7 Å². The Kier molecular flexibility index (Phi) is 6.98. The van der Waals surface area contributed by atoms with Gasteiger partial charge in [0.15, 0.2) is 0 Å². The van der Waals surface area contributed by atoms with Gasteiger partial charge in [-0.3, -0.25) is 9.78 Å². The van der Waals surface area contributed by atoms with Gasteiger partial charge in [-0.05, 0) is 36.5 Å². The number of ketones is 1. The molecule has 0 bridgehead atoms. The number of hydrogen-bond donors (Lipinski definition) is 2. The molecule has 2 heterocycles. The van der Waals surface area contributed by atoms with Crippen molar-refractivity contribution < 1.29 is 24.5 Å². The Hall–Kier alpha value is -2.61. The van der Waals surface area contributed by atoms with Crippen LogP contribution in [0.25, 0.3) is 0 Å². The van der Waals surface area contributed by atoms with Gasteiger partial charge in [-0.2, -0.15) is 0 Å². The smallest absolute Gasteiger partial charge is 0.218 e. The number of Topliss-reactive ketones (excluding diaryl/α,β-unsaturated/α-hetero) is 1. The molecule has 1 saturated carbocycles. The zero-order valence-corrected chi connectivity index (χ0v) is 18.4. The fourth-order valence-electron chi connectivity index (χ4n) is 4.58. The summed E-state index contributed by atoms with van der Waals surface area (Å²) in [4.78, 5) is 22.0. The van der Waals surface area contributed by atoms with E-state index in [9.17, 15) is 15.0 Å². The average Bonchev–Trinajstić information content (AvgIpc) is 3.19. The van der Waals surface area contributed by atoms with E-state index in [1.54, 1.807) is 7.11 Å². The van der Waals surface area contributed by atoms with Gasteiger partial charge in [0.2, 0.25) is 5.90 Å². The molecular formula is C25H30N2O5. The second kappa shape index (κ2) is 9.90. The number of aliphatic imine (C=N–C) groups is 1. The van der Waals surface area contributed by atoms with Crippen molar-refractivity contribution in [2.75, 3.05) is 20.3 Å². The maximum absolute atomic E-state index is 13.0. The van der Waals surface area contributed by atoms with Gasteiger partial charge in [-0.1, -0.05) is 30.3 Å². The number of nitrogens with zero attached hydrogens (tertiary/aromatic N) is 2. The molecule has 2 aliphatic rings. The molecule has 0 amide bonds. The third-order valence-electron chi connectivity index (χ3n) is 6.39. The first kappa shape index (κ1) is 22.6. The highest BCUT2D eigenvalue weighted by Gasteiger charge is 2.43. The van der Waals surface area contributed by atoms with Crippen molar-refractivity contribution in [2.45, 2.75) is 56.8 Å². The summed E-state index contributed by atoms with van der Waals surface area (Å²) in [5.74, 6) is 0.259. The molecule has 1 aliphatic carbocycles. The van der Waals surface area contributed by atoms with Gasteiger partial charge in [0.25, 0.3) is 0 Å². The normalized spacial score (nSPS) is 17.3. The minimum atomic E-state index is -0.819. The van der Waals surface area contributed by atoms with E-state index in [4.69, 9.17) is 9.47 Å². The van der Waals surface area contributed by atoms with Gasteiger partial charge in [0, 0.05) is 31.6 Å². The number of hydrogen-bond acceptors (Lipinski definition) is 7. The summed E-state index contributed by atoms with van der Waals surface area (Å²) in [6.07, 6.45) is 2.83. The Morgan fingerprint density at radius 1 is 1.22 bits per heavy atom. The molecule has 1 aromatic heterocycles. The predicted octanol–water partition coefficient (Wildman–Crippen LogP) is 2.70. The van der Waals surface area contributed by atoms with E-state index in [0.29, 0.717) is 42.6 Å². The summed E-state index contributed by atoms with van der Waals surface area (Å²) < 4.78 is 10.7. The van der Waals surface area contributed by atoms with E-state index >= 15 is 0 Å². The number of aromatic nitrogens is 1. The number of carbonyl (C=O) groups is 1. The quantitative estimate of drug-likeness (QED) is 0.553. The lowest BCUT2D eigenvalue weighted by molar-refractivity contribution is -0.122. The minimum Gasteiger partial charge on any atom is -0.475 e. The summed E-state index contributed by atoms with van der Waals surface area (Å²) in [6.45, 7) is 0.978. The molecule has 1 atom stereocenters. The molecule has 0 unspecified atom stereocenters. The van der Waals surface area contributed by atoms with Crippen LogP contribution in [0.2, 0.25) is 0 Å². The highest BCUT2D eigenvalue weighted by molar-refractivity contribution is 5.98. The first-order chi connectivity index (χ1) is 15.5. The lowest BCUT2D eigenvalue weighted by Crippen LogP contribution is -2.44. The molecule has 1 fully saturated rings. The van der Waals surface area contributed by atoms with E-state index in [2.05, 4.69) is 9.98 Å². The molecule has 2 N–H and O–H groups in total. The van der Waals surface area contributed by atoms with Gasteiger partial charge in [0.1, 0.15) is 12.4 Å². The van der Waals surface area contributed by atoms with Crippen molar-refractivity contribution in [2.24, 2.45) is 4.99 Å². The molecule has 2 aromatic rings. The second-order valence-electron chi connectivity index (χ2n) is 8.56. The monoisotopic (exact) mass is 438 g/mol. The fraction of sp³-hybridized carbons (Fsp3) is 0.480. The number of ether oxygens (including phenoxy) is 2. The number of rotatable bonds is 10. The van der Waals surface area contributed by atoms with E-state index < -0.39 is 5.60 Å². The molecule has 0 radical (unpaired) electrons. The molecule has 32 heavy (non-hydrogen) atoms. The largest absolute Gasteiger partial charge is 0.475 e. The third-order valence-corrected chi connectivity index (χ3v) is 6.39. The van der Waals surface area contributed by atoms with Crippen LogP contribution in [0.5, 0.6) is 0 Å². The zero-order chi connectivity index (χ0) is 22.6. The molecule has 1 aromatic carbocycles. The molecular weight excluding hydrogens is 408 g/mol. The van der Waals surface area contributed by atoms with Crippen molar-refractivity contribution >= 4 is 11.7 Å². The maximum atomic E-state index is 13.0. The highest BCUT2D eigenvalue weighted by atomic mass is 16.5. The topological polar surface area (TPSA) is 101 Å². The van der Waals surface area contributed by atoms with Crippen LogP contribution in [0, 0.1) is 0 Å². The highest BCUT2D eigenvalue weighted by Crippen LogP contribution is 2.45.